The van der Waals surface area contributed by atoms with Gasteiger partial charge < -0.3 is 14.8 Å². The number of carbonyl (C=O) groups is 1. The van der Waals surface area contributed by atoms with E-state index in [9.17, 15) is 4.79 Å². The summed E-state index contributed by atoms with van der Waals surface area (Å²) in [6.45, 7) is 6.67. The first-order valence-corrected chi connectivity index (χ1v) is 5.17. The van der Waals surface area contributed by atoms with Crippen molar-refractivity contribution in [2.75, 3.05) is 39.5 Å². The molecule has 0 fully saturated rings. The highest BCUT2D eigenvalue weighted by Crippen LogP contribution is 1.78. The van der Waals surface area contributed by atoms with Crippen LogP contribution in [0.1, 0.15) is 13.8 Å². The summed E-state index contributed by atoms with van der Waals surface area (Å²) in [6.07, 6.45) is 1.71. The Morgan fingerprint density at radius 2 is 2.13 bits per heavy atom. The molecule has 0 heterocycles. The third kappa shape index (κ3) is 11.0. The van der Waals surface area contributed by atoms with Crippen LogP contribution in [0.3, 0.4) is 0 Å². The number of hydrogen-bond acceptors (Lipinski definition) is 4. The van der Waals surface area contributed by atoms with E-state index in [0.29, 0.717) is 32.9 Å². The number of hydrogen-bond donors (Lipinski definition) is 1. The van der Waals surface area contributed by atoms with Crippen LogP contribution in [0.25, 0.3) is 0 Å². The van der Waals surface area contributed by atoms with E-state index in [-0.39, 0.29) is 12.5 Å². The zero-order chi connectivity index (χ0) is 11.4. The van der Waals surface area contributed by atoms with Gasteiger partial charge in [-0.05, 0) is 20.1 Å². The van der Waals surface area contributed by atoms with Crippen molar-refractivity contribution < 1.29 is 14.3 Å². The lowest BCUT2D eigenvalue weighted by Crippen LogP contribution is -2.30. The molecule has 0 aromatic carbocycles. The molecule has 0 unspecified atom stereocenters. The Morgan fingerprint density at radius 3 is 2.80 bits per heavy atom. The van der Waals surface area contributed by atoms with Crippen molar-refractivity contribution in [2.45, 2.75) is 13.8 Å². The Balaban J connectivity index is 3.18. The van der Waals surface area contributed by atoms with E-state index >= 15 is 0 Å². The highest BCUT2D eigenvalue weighted by molar-refractivity contribution is 5.77. The van der Waals surface area contributed by atoms with Crippen molar-refractivity contribution in [2.24, 2.45) is 4.99 Å². The monoisotopic (exact) mass is 216 g/mol. The number of rotatable bonds is 9. The first-order valence-electron chi connectivity index (χ1n) is 5.17. The average Bonchev–Trinajstić information content (AvgIpc) is 2.24. The molecule has 0 radical (unpaired) electrons. The lowest BCUT2D eigenvalue weighted by molar-refractivity contribution is -0.126. The standard InChI is InChI=1S/C10H20N2O3/c1-3-11-5-6-12-10(13)9-15-8-7-14-4-2/h3H,4-9H2,1-2H3,(H,12,13)/b11-3-. The van der Waals surface area contributed by atoms with Gasteiger partial charge in [-0.15, -0.1) is 0 Å². The van der Waals surface area contributed by atoms with Crippen LogP contribution in [0.5, 0.6) is 0 Å². The molecule has 0 saturated heterocycles. The molecule has 0 aliphatic carbocycles. The molecule has 0 atom stereocenters. The minimum Gasteiger partial charge on any atom is -0.379 e. The third-order valence-electron chi connectivity index (χ3n) is 1.55. The minimum absolute atomic E-state index is 0.0862. The summed E-state index contributed by atoms with van der Waals surface area (Å²) in [5.41, 5.74) is 0. The van der Waals surface area contributed by atoms with Crippen LogP contribution >= 0.6 is 0 Å². The van der Waals surface area contributed by atoms with Gasteiger partial charge in [-0.25, -0.2) is 0 Å². The summed E-state index contributed by atoms with van der Waals surface area (Å²) in [4.78, 5) is 15.1. The minimum atomic E-state index is -0.113. The maximum atomic E-state index is 11.1. The van der Waals surface area contributed by atoms with Crippen molar-refractivity contribution in [3.63, 3.8) is 0 Å². The number of amides is 1. The van der Waals surface area contributed by atoms with Gasteiger partial charge in [0.25, 0.3) is 0 Å². The van der Waals surface area contributed by atoms with Crippen molar-refractivity contribution >= 4 is 12.1 Å². The van der Waals surface area contributed by atoms with E-state index in [1.165, 1.54) is 0 Å². The van der Waals surface area contributed by atoms with Gasteiger partial charge in [0.2, 0.25) is 5.91 Å². The topological polar surface area (TPSA) is 59.9 Å². The third-order valence-corrected chi connectivity index (χ3v) is 1.55. The lowest BCUT2D eigenvalue weighted by atomic mass is 10.5. The maximum absolute atomic E-state index is 11.1. The van der Waals surface area contributed by atoms with Crippen molar-refractivity contribution in [1.82, 2.24) is 5.32 Å². The van der Waals surface area contributed by atoms with E-state index < -0.39 is 0 Å². The molecular formula is C10H20N2O3. The second-order valence-corrected chi connectivity index (χ2v) is 2.76. The van der Waals surface area contributed by atoms with Crippen LogP contribution in [0.2, 0.25) is 0 Å². The Kier molecular flexibility index (Phi) is 10.4. The number of nitrogens with one attached hydrogen (secondary N) is 1. The van der Waals surface area contributed by atoms with Gasteiger partial charge >= 0.3 is 0 Å². The summed E-state index contributed by atoms with van der Waals surface area (Å²) < 4.78 is 10.1. The molecule has 0 aliphatic heterocycles. The summed E-state index contributed by atoms with van der Waals surface area (Å²) in [6, 6.07) is 0. The van der Waals surface area contributed by atoms with Crippen LogP contribution in [0.15, 0.2) is 4.99 Å². The predicted molar refractivity (Wildman–Crippen MR) is 59.4 cm³/mol. The summed E-state index contributed by atoms with van der Waals surface area (Å²) in [5.74, 6) is -0.113. The first kappa shape index (κ1) is 14.1. The van der Waals surface area contributed by atoms with Gasteiger partial charge in [-0.3, -0.25) is 9.79 Å². The Labute approximate surface area is 90.9 Å². The van der Waals surface area contributed by atoms with Crippen LogP contribution < -0.4 is 5.32 Å². The first-order chi connectivity index (χ1) is 7.31. The molecule has 5 nitrogen and oxygen atoms in total. The van der Waals surface area contributed by atoms with E-state index in [1.54, 1.807) is 6.21 Å². The Hall–Kier alpha value is -0.940. The SMILES string of the molecule is C/C=N\CCNC(=O)COCCOCC. The fraction of sp³-hybridized carbons (Fsp3) is 0.800. The fourth-order valence-corrected chi connectivity index (χ4v) is 0.867. The molecule has 1 amide bonds. The number of ether oxygens (including phenoxy) is 2. The molecule has 0 saturated carbocycles. The molecule has 0 aliphatic rings. The quantitative estimate of drug-likeness (QED) is 0.444. The van der Waals surface area contributed by atoms with Gasteiger partial charge in [0.05, 0.1) is 19.8 Å². The van der Waals surface area contributed by atoms with E-state index in [1.807, 2.05) is 13.8 Å². The van der Waals surface area contributed by atoms with Gasteiger partial charge in [-0.2, -0.15) is 0 Å². The van der Waals surface area contributed by atoms with E-state index in [0.717, 1.165) is 0 Å². The fourth-order valence-electron chi connectivity index (χ4n) is 0.867. The summed E-state index contributed by atoms with van der Waals surface area (Å²) in [7, 11) is 0. The van der Waals surface area contributed by atoms with Crippen LogP contribution in [0.4, 0.5) is 0 Å². The van der Waals surface area contributed by atoms with Crippen molar-refractivity contribution in [3.05, 3.63) is 0 Å². The molecule has 0 aromatic rings. The zero-order valence-corrected chi connectivity index (χ0v) is 9.49. The molecular weight excluding hydrogens is 196 g/mol. The highest BCUT2D eigenvalue weighted by atomic mass is 16.5. The maximum Gasteiger partial charge on any atom is 0.246 e. The summed E-state index contributed by atoms with van der Waals surface area (Å²) in [5, 5.41) is 2.69. The molecule has 15 heavy (non-hydrogen) atoms. The van der Waals surface area contributed by atoms with Crippen LogP contribution in [-0.4, -0.2) is 51.6 Å². The molecule has 1 N–H and O–H groups in total. The van der Waals surface area contributed by atoms with Gasteiger partial charge in [0.1, 0.15) is 6.61 Å². The van der Waals surface area contributed by atoms with Gasteiger partial charge in [0.15, 0.2) is 0 Å². The smallest absolute Gasteiger partial charge is 0.246 e. The number of nitrogens with zero attached hydrogens (tertiary/aromatic N) is 1. The normalized spacial score (nSPS) is 10.8. The van der Waals surface area contributed by atoms with Crippen molar-refractivity contribution in [1.29, 1.82) is 0 Å². The zero-order valence-electron chi connectivity index (χ0n) is 9.49. The highest BCUT2D eigenvalue weighted by Gasteiger charge is 1.99. The number of aliphatic imine (C=N–C) groups is 1. The van der Waals surface area contributed by atoms with E-state index in [2.05, 4.69) is 10.3 Å². The Bertz CT molecular complexity index is 184. The molecule has 0 spiro atoms. The molecule has 0 bridgehead atoms. The second kappa shape index (κ2) is 11.1. The second-order valence-electron chi connectivity index (χ2n) is 2.76. The van der Waals surface area contributed by atoms with E-state index in [4.69, 9.17) is 9.47 Å². The number of carbonyl (C=O) groups excluding carboxylic acids is 1. The molecule has 88 valence electrons. The van der Waals surface area contributed by atoms with Gasteiger partial charge in [-0.1, -0.05) is 0 Å². The van der Waals surface area contributed by atoms with Crippen molar-refractivity contribution in [3.8, 4) is 0 Å². The molecule has 0 rings (SSSR count). The average molecular weight is 216 g/mol. The lowest BCUT2D eigenvalue weighted by Gasteiger charge is -2.04. The molecule has 0 aromatic heterocycles. The summed E-state index contributed by atoms with van der Waals surface area (Å²) >= 11 is 0. The Morgan fingerprint density at radius 1 is 1.40 bits per heavy atom. The largest absolute Gasteiger partial charge is 0.379 e. The van der Waals surface area contributed by atoms with Crippen LogP contribution in [0, 0.1) is 0 Å². The predicted octanol–water partition coefficient (Wildman–Crippen LogP) is 0.246. The van der Waals surface area contributed by atoms with Gasteiger partial charge in [0, 0.05) is 13.2 Å². The molecule has 5 heteroatoms. The van der Waals surface area contributed by atoms with Crippen LogP contribution in [-0.2, 0) is 14.3 Å².